The molecule has 1 amide bonds. The summed E-state index contributed by atoms with van der Waals surface area (Å²) in [5, 5.41) is 4.53. The van der Waals surface area contributed by atoms with Gasteiger partial charge < -0.3 is 19.7 Å². The Bertz CT molecular complexity index is 1360. The lowest BCUT2D eigenvalue weighted by atomic mass is 10.1. The minimum absolute atomic E-state index is 0.252. The molecule has 1 aliphatic rings. The predicted octanol–water partition coefficient (Wildman–Crippen LogP) is 4.96. The summed E-state index contributed by atoms with van der Waals surface area (Å²) in [6, 6.07) is 17.2. The number of halogens is 1. The molecular formula is C26H23FN4O3. The van der Waals surface area contributed by atoms with Crippen molar-refractivity contribution in [2.24, 2.45) is 0 Å². The molecule has 4 aromatic rings. The maximum Gasteiger partial charge on any atom is 0.255 e. The summed E-state index contributed by atoms with van der Waals surface area (Å²) in [7, 11) is 0. The van der Waals surface area contributed by atoms with Crippen LogP contribution in [0.2, 0.25) is 0 Å². The fraction of sp³-hybridized carbons (Fsp3) is 0.192. The first-order chi connectivity index (χ1) is 16.6. The maximum atomic E-state index is 14.4. The topological polar surface area (TPSA) is 76.6 Å². The zero-order valence-corrected chi connectivity index (χ0v) is 18.6. The lowest BCUT2D eigenvalue weighted by Crippen LogP contribution is -2.36. The Morgan fingerprint density at radius 2 is 1.85 bits per heavy atom. The molecule has 0 unspecified atom stereocenters. The highest BCUT2D eigenvalue weighted by Crippen LogP contribution is 2.34. The van der Waals surface area contributed by atoms with Gasteiger partial charge in [-0.2, -0.15) is 4.98 Å². The number of hydrogen-bond donors (Lipinski definition) is 1. The Morgan fingerprint density at radius 1 is 1.06 bits per heavy atom. The van der Waals surface area contributed by atoms with Crippen molar-refractivity contribution in [3.8, 4) is 11.6 Å². The fourth-order valence-electron chi connectivity index (χ4n) is 3.98. The summed E-state index contributed by atoms with van der Waals surface area (Å²) in [6.07, 6.45) is 1.64. The quantitative estimate of drug-likeness (QED) is 0.456. The number of carbonyl (C=O) groups excluding carboxylic acids is 1. The first-order valence-electron chi connectivity index (χ1n) is 11.0. The van der Waals surface area contributed by atoms with Gasteiger partial charge in [0, 0.05) is 53.1 Å². The predicted molar refractivity (Wildman–Crippen MR) is 128 cm³/mol. The molecule has 0 bridgehead atoms. The minimum atomic E-state index is -0.456. The number of carbonyl (C=O) groups is 1. The molecule has 0 saturated carbocycles. The van der Waals surface area contributed by atoms with Crippen molar-refractivity contribution in [3.63, 3.8) is 0 Å². The molecule has 0 atom stereocenters. The average molecular weight is 458 g/mol. The summed E-state index contributed by atoms with van der Waals surface area (Å²) in [6.45, 7) is 4.26. The second-order valence-electron chi connectivity index (χ2n) is 7.95. The number of anilines is 2. The summed E-state index contributed by atoms with van der Waals surface area (Å²) in [5.74, 6) is 0.802. The summed E-state index contributed by atoms with van der Waals surface area (Å²) < 4.78 is 25.7. The lowest BCUT2D eigenvalue weighted by molar-refractivity contribution is 0.102. The van der Waals surface area contributed by atoms with Crippen LogP contribution in [0.15, 0.2) is 66.9 Å². The summed E-state index contributed by atoms with van der Waals surface area (Å²) >= 11 is 0. The second kappa shape index (κ2) is 9.44. The number of aryl methyl sites for hydroxylation is 1. The number of rotatable bonds is 5. The molecule has 0 spiro atoms. The van der Waals surface area contributed by atoms with Crippen LogP contribution in [0.3, 0.4) is 0 Å². The molecule has 0 radical (unpaired) electrons. The van der Waals surface area contributed by atoms with Crippen molar-refractivity contribution >= 4 is 28.1 Å². The van der Waals surface area contributed by atoms with Gasteiger partial charge in [-0.05, 0) is 37.3 Å². The number of aromatic nitrogens is 2. The molecule has 1 aliphatic heterocycles. The molecule has 1 aromatic heterocycles. The Hall–Kier alpha value is -4.04. The van der Waals surface area contributed by atoms with E-state index >= 15 is 0 Å². The molecule has 1 saturated heterocycles. The Morgan fingerprint density at radius 3 is 2.65 bits per heavy atom. The van der Waals surface area contributed by atoms with Crippen LogP contribution in [0.25, 0.3) is 10.8 Å². The van der Waals surface area contributed by atoms with E-state index in [0.29, 0.717) is 55.1 Å². The van der Waals surface area contributed by atoms with Crippen molar-refractivity contribution in [3.05, 3.63) is 84.1 Å². The monoisotopic (exact) mass is 458 g/mol. The van der Waals surface area contributed by atoms with Gasteiger partial charge in [0.25, 0.3) is 5.91 Å². The average Bonchev–Trinajstić information content (AvgIpc) is 2.86. The third-order valence-corrected chi connectivity index (χ3v) is 5.62. The highest BCUT2D eigenvalue weighted by Gasteiger charge is 2.17. The van der Waals surface area contributed by atoms with Crippen LogP contribution in [0.5, 0.6) is 11.6 Å². The van der Waals surface area contributed by atoms with Crippen molar-refractivity contribution < 1.29 is 18.7 Å². The number of nitrogens with one attached hydrogen (secondary N) is 1. The van der Waals surface area contributed by atoms with E-state index in [-0.39, 0.29) is 11.5 Å². The van der Waals surface area contributed by atoms with E-state index in [1.807, 2.05) is 29.2 Å². The van der Waals surface area contributed by atoms with Gasteiger partial charge in [0.1, 0.15) is 17.4 Å². The van der Waals surface area contributed by atoms with Crippen LogP contribution < -0.4 is 15.0 Å². The molecule has 3 aromatic carbocycles. The van der Waals surface area contributed by atoms with E-state index in [2.05, 4.69) is 15.3 Å². The molecule has 34 heavy (non-hydrogen) atoms. The number of amides is 1. The number of morpholine rings is 1. The fourth-order valence-corrected chi connectivity index (χ4v) is 3.98. The smallest absolute Gasteiger partial charge is 0.255 e. The van der Waals surface area contributed by atoms with Gasteiger partial charge >= 0.3 is 0 Å². The molecule has 7 nitrogen and oxygen atoms in total. The molecule has 1 fully saturated rings. The lowest BCUT2D eigenvalue weighted by Gasteiger charge is -2.29. The van der Waals surface area contributed by atoms with Gasteiger partial charge in [0.2, 0.25) is 5.88 Å². The van der Waals surface area contributed by atoms with Gasteiger partial charge in [0.05, 0.1) is 13.2 Å². The van der Waals surface area contributed by atoms with Crippen LogP contribution in [-0.2, 0) is 4.74 Å². The zero-order chi connectivity index (χ0) is 23.5. The SMILES string of the molecule is Cc1nccc(Oc2ccc(NC(=O)c3cc(F)cc(N4CCOCC4)c3)c3ccccc23)n1. The molecule has 2 heterocycles. The van der Waals surface area contributed by atoms with Crippen LogP contribution in [0.1, 0.15) is 16.2 Å². The largest absolute Gasteiger partial charge is 0.438 e. The first-order valence-corrected chi connectivity index (χ1v) is 11.0. The van der Waals surface area contributed by atoms with Crippen molar-refractivity contribution in [1.82, 2.24) is 9.97 Å². The summed E-state index contributed by atoms with van der Waals surface area (Å²) in [5.41, 5.74) is 1.52. The highest BCUT2D eigenvalue weighted by atomic mass is 19.1. The van der Waals surface area contributed by atoms with Crippen LogP contribution in [0, 0.1) is 12.7 Å². The van der Waals surface area contributed by atoms with Gasteiger partial charge in [-0.3, -0.25) is 4.79 Å². The number of hydrogen-bond acceptors (Lipinski definition) is 6. The van der Waals surface area contributed by atoms with E-state index < -0.39 is 5.82 Å². The van der Waals surface area contributed by atoms with Crippen molar-refractivity contribution in [1.29, 1.82) is 0 Å². The molecule has 5 rings (SSSR count). The van der Waals surface area contributed by atoms with Gasteiger partial charge in [-0.25, -0.2) is 9.37 Å². The number of fused-ring (bicyclic) bond motifs is 1. The van der Waals surface area contributed by atoms with E-state index in [1.165, 1.54) is 12.1 Å². The molecule has 8 heteroatoms. The van der Waals surface area contributed by atoms with E-state index in [1.54, 1.807) is 37.4 Å². The van der Waals surface area contributed by atoms with E-state index in [9.17, 15) is 9.18 Å². The van der Waals surface area contributed by atoms with Crippen LogP contribution >= 0.6 is 0 Å². The number of nitrogens with zero attached hydrogens (tertiary/aromatic N) is 3. The standard InChI is InChI=1S/C26H23FN4O3/c1-17-28-9-8-25(29-17)34-24-7-6-23(21-4-2-3-5-22(21)24)30-26(32)18-14-19(27)16-20(15-18)31-10-12-33-13-11-31/h2-9,14-16H,10-13H2,1H3,(H,30,32). The summed E-state index contributed by atoms with van der Waals surface area (Å²) in [4.78, 5) is 23.5. The van der Waals surface area contributed by atoms with Gasteiger partial charge in [0.15, 0.2) is 0 Å². The minimum Gasteiger partial charge on any atom is -0.438 e. The highest BCUT2D eigenvalue weighted by molar-refractivity contribution is 6.10. The Balaban J connectivity index is 1.43. The third-order valence-electron chi connectivity index (χ3n) is 5.62. The van der Waals surface area contributed by atoms with Crippen LogP contribution in [0.4, 0.5) is 15.8 Å². The molecule has 0 aliphatic carbocycles. The molecular weight excluding hydrogens is 435 g/mol. The Labute approximate surface area is 196 Å². The van der Waals surface area contributed by atoms with E-state index in [0.717, 1.165) is 10.8 Å². The number of ether oxygens (including phenoxy) is 2. The first kappa shape index (κ1) is 21.8. The third kappa shape index (κ3) is 4.67. The van der Waals surface area contributed by atoms with E-state index in [4.69, 9.17) is 9.47 Å². The Kier molecular flexibility index (Phi) is 6.05. The normalized spacial score (nSPS) is 13.6. The van der Waals surface area contributed by atoms with Crippen molar-refractivity contribution in [2.45, 2.75) is 6.92 Å². The molecule has 172 valence electrons. The van der Waals surface area contributed by atoms with Crippen molar-refractivity contribution in [2.75, 3.05) is 36.5 Å². The zero-order valence-electron chi connectivity index (χ0n) is 18.6. The van der Waals surface area contributed by atoms with Crippen LogP contribution in [-0.4, -0.2) is 42.2 Å². The van der Waals surface area contributed by atoms with Gasteiger partial charge in [-0.15, -0.1) is 0 Å². The second-order valence-corrected chi connectivity index (χ2v) is 7.95. The maximum absolute atomic E-state index is 14.4. The number of benzene rings is 3. The molecule has 1 N–H and O–H groups in total. The van der Waals surface area contributed by atoms with Gasteiger partial charge in [-0.1, -0.05) is 24.3 Å².